The first-order valence-corrected chi connectivity index (χ1v) is 17.7. The number of nitrogens with zero attached hydrogens (tertiary/aromatic N) is 1. The first-order chi connectivity index (χ1) is 25.3. The second-order valence-electron chi connectivity index (χ2n) is 13.6. The summed E-state index contributed by atoms with van der Waals surface area (Å²) in [5, 5.41) is 15.5. The Morgan fingerprint density at radius 2 is 0.608 bits per heavy atom. The third-order valence-corrected chi connectivity index (χ3v) is 10.9. The number of rotatable bonds is 3. The highest BCUT2D eigenvalue weighted by Crippen LogP contribution is 2.45. The minimum Gasteiger partial charge on any atom is -0.309 e. The van der Waals surface area contributed by atoms with Gasteiger partial charge >= 0.3 is 0 Å². The van der Waals surface area contributed by atoms with E-state index in [1.54, 1.807) is 0 Å². The maximum Gasteiger partial charge on any atom is 0.0541 e. The Hall–Kier alpha value is -6.70. The minimum atomic E-state index is 1.17. The van der Waals surface area contributed by atoms with Gasteiger partial charge in [0.05, 0.1) is 11.0 Å². The van der Waals surface area contributed by atoms with E-state index in [1.807, 2.05) is 0 Å². The van der Waals surface area contributed by atoms with Crippen LogP contribution < -0.4 is 0 Å². The van der Waals surface area contributed by atoms with E-state index < -0.39 is 0 Å². The average molecular weight is 646 g/mol. The standard InChI is InChI=1S/C50H31N/c1-2-12-32(13-3-1)34-24-28-43-45(30-34)37-14-4-6-18-41(37)50-44-29-25-35(31-46(44)38-15-5-7-19-42(38)49(43)50)33-22-26-36(27-23-33)51-47-20-10-8-16-39(47)40-17-9-11-21-48(40)51/h1-31H. The molecule has 0 aliphatic heterocycles. The topological polar surface area (TPSA) is 4.93 Å². The van der Waals surface area contributed by atoms with E-state index in [0.717, 1.165) is 0 Å². The molecular formula is C50H31N. The van der Waals surface area contributed by atoms with Crippen molar-refractivity contribution in [3.63, 3.8) is 0 Å². The van der Waals surface area contributed by atoms with Gasteiger partial charge in [0.15, 0.2) is 0 Å². The lowest BCUT2D eigenvalue weighted by atomic mass is 9.85. The van der Waals surface area contributed by atoms with E-state index in [9.17, 15) is 0 Å². The maximum atomic E-state index is 2.41. The molecular weight excluding hydrogens is 615 g/mol. The molecule has 0 amide bonds. The summed E-state index contributed by atoms with van der Waals surface area (Å²) in [6.45, 7) is 0. The fraction of sp³-hybridized carbons (Fsp3) is 0. The van der Waals surface area contributed by atoms with E-state index in [-0.39, 0.29) is 0 Å². The lowest BCUT2D eigenvalue weighted by molar-refractivity contribution is 1.18. The molecule has 1 nitrogen and oxygen atoms in total. The van der Waals surface area contributed by atoms with Crippen LogP contribution in [-0.4, -0.2) is 4.57 Å². The number of para-hydroxylation sites is 2. The molecule has 0 atom stereocenters. The third kappa shape index (κ3) is 4.16. The highest BCUT2D eigenvalue weighted by molar-refractivity contribution is 6.39. The molecule has 1 heteroatoms. The predicted octanol–water partition coefficient (Wildman–Crippen LogP) is 13.9. The largest absolute Gasteiger partial charge is 0.309 e. The predicted molar refractivity (Wildman–Crippen MR) is 219 cm³/mol. The van der Waals surface area contributed by atoms with Crippen LogP contribution >= 0.6 is 0 Å². The van der Waals surface area contributed by atoms with Gasteiger partial charge in [-0.25, -0.2) is 0 Å². The molecule has 0 saturated carbocycles. The lowest BCUT2D eigenvalue weighted by Gasteiger charge is -2.18. The summed E-state index contributed by atoms with van der Waals surface area (Å²) in [6, 6.07) is 69.2. The van der Waals surface area contributed by atoms with Crippen molar-refractivity contribution in [2.75, 3.05) is 0 Å². The van der Waals surface area contributed by atoms with Crippen molar-refractivity contribution in [1.29, 1.82) is 0 Å². The van der Waals surface area contributed by atoms with Gasteiger partial charge in [-0.3, -0.25) is 0 Å². The van der Waals surface area contributed by atoms with Gasteiger partial charge in [0, 0.05) is 16.5 Å². The van der Waals surface area contributed by atoms with Crippen LogP contribution in [0.4, 0.5) is 0 Å². The van der Waals surface area contributed by atoms with Crippen molar-refractivity contribution in [3.8, 4) is 27.9 Å². The second-order valence-corrected chi connectivity index (χ2v) is 13.6. The summed E-state index contributed by atoms with van der Waals surface area (Å²) in [6.07, 6.45) is 0. The second kappa shape index (κ2) is 10.9. The summed E-state index contributed by atoms with van der Waals surface area (Å²) < 4.78 is 2.38. The molecule has 236 valence electrons. The van der Waals surface area contributed by atoms with Crippen LogP contribution in [0.5, 0.6) is 0 Å². The first kappa shape index (κ1) is 28.2. The van der Waals surface area contributed by atoms with Crippen LogP contribution in [0.3, 0.4) is 0 Å². The van der Waals surface area contributed by atoms with Crippen LogP contribution in [0.25, 0.3) is 104 Å². The van der Waals surface area contributed by atoms with Crippen molar-refractivity contribution in [2.45, 2.75) is 0 Å². The van der Waals surface area contributed by atoms with Crippen LogP contribution in [-0.2, 0) is 0 Å². The average Bonchev–Trinajstić information content (AvgIpc) is 3.55. The van der Waals surface area contributed by atoms with Crippen molar-refractivity contribution < 1.29 is 0 Å². The van der Waals surface area contributed by atoms with Crippen molar-refractivity contribution in [1.82, 2.24) is 4.57 Å². The molecule has 1 aromatic heterocycles. The molecule has 0 spiro atoms. The molecule has 0 bridgehead atoms. The molecule has 0 aliphatic carbocycles. The Balaban J connectivity index is 1.13. The van der Waals surface area contributed by atoms with Gasteiger partial charge < -0.3 is 4.57 Å². The highest BCUT2D eigenvalue weighted by Gasteiger charge is 2.17. The highest BCUT2D eigenvalue weighted by atomic mass is 15.0. The molecule has 0 unspecified atom stereocenters. The zero-order chi connectivity index (χ0) is 33.5. The Bertz CT molecular complexity index is 3110. The van der Waals surface area contributed by atoms with Gasteiger partial charge in [-0.2, -0.15) is 0 Å². The van der Waals surface area contributed by atoms with Crippen LogP contribution in [0.2, 0.25) is 0 Å². The normalized spacial score (nSPS) is 11.9. The number of fused-ring (bicyclic) bond motifs is 14. The number of benzene rings is 10. The fourth-order valence-electron chi connectivity index (χ4n) is 8.66. The molecule has 11 aromatic rings. The van der Waals surface area contributed by atoms with E-state index in [2.05, 4.69) is 193 Å². The molecule has 0 aliphatic rings. The zero-order valence-electron chi connectivity index (χ0n) is 27.8. The number of aromatic nitrogens is 1. The Kier molecular flexibility index (Phi) is 6.02. The quantitative estimate of drug-likeness (QED) is 0.169. The fourth-order valence-corrected chi connectivity index (χ4v) is 8.66. The summed E-state index contributed by atoms with van der Waals surface area (Å²) >= 11 is 0. The molecule has 1 heterocycles. The van der Waals surface area contributed by atoms with E-state index in [1.165, 1.54) is 104 Å². The first-order valence-electron chi connectivity index (χ1n) is 17.7. The van der Waals surface area contributed by atoms with E-state index >= 15 is 0 Å². The van der Waals surface area contributed by atoms with Gasteiger partial charge in [-0.05, 0) is 113 Å². The molecule has 0 saturated heterocycles. The van der Waals surface area contributed by atoms with E-state index in [4.69, 9.17) is 0 Å². The third-order valence-electron chi connectivity index (χ3n) is 10.9. The molecule has 11 rings (SSSR count). The maximum absolute atomic E-state index is 2.41. The van der Waals surface area contributed by atoms with Crippen molar-refractivity contribution >= 4 is 75.7 Å². The minimum absolute atomic E-state index is 1.17. The smallest absolute Gasteiger partial charge is 0.0541 e. The Labute approximate surface area is 295 Å². The summed E-state index contributed by atoms with van der Waals surface area (Å²) in [7, 11) is 0. The van der Waals surface area contributed by atoms with E-state index in [0.29, 0.717) is 0 Å². The molecule has 0 N–H and O–H groups in total. The van der Waals surface area contributed by atoms with Crippen molar-refractivity contribution in [2.24, 2.45) is 0 Å². The van der Waals surface area contributed by atoms with Gasteiger partial charge in [0.2, 0.25) is 0 Å². The molecule has 51 heavy (non-hydrogen) atoms. The lowest BCUT2D eigenvalue weighted by Crippen LogP contribution is -1.93. The molecule has 0 radical (unpaired) electrons. The summed E-state index contributed by atoms with van der Waals surface area (Å²) in [4.78, 5) is 0. The zero-order valence-corrected chi connectivity index (χ0v) is 27.8. The van der Waals surface area contributed by atoms with Crippen LogP contribution in [0, 0.1) is 0 Å². The van der Waals surface area contributed by atoms with Gasteiger partial charge in [0.1, 0.15) is 0 Å². The molecule has 10 aromatic carbocycles. The number of hydrogen-bond donors (Lipinski definition) is 0. The SMILES string of the molecule is c1ccc(-c2ccc3c(c2)c2ccccc2c2c4ccc(-c5ccc(-n6c7ccccc7c7ccccc76)cc5)cc4c4ccccc4c32)cc1. The van der Waals surface area contributed by atoms with Gasteiger partial charge in [0.25, 0.3) is 0 Å². The summed E-state index contributed by atoms with van der Waals surface area (Å²) in [5.41, 5.74) is 8.54. The molecule has 0 fully saturated rings. The number of hydrogen-bond acceptors (Lipinski definition) is 0. The van der Waals surface area contributed by atoms with Gasteiger partial charge in [-0.15, -0.1) is 0 Å². The van der Waals surface area contributed by atoms with Gasteiger partial charge in [-0.1, -0.05) is 152 Å². The Morgan fingerprint density at radius 3 is 1.12 bits per heavy atom. The summed E-state index contributed by atoms with van der Waals surface area (Å²) in [5.74, 6) is 0. The van der Waals surface area contributed by atoms with Crippen LogP contribution in [0.1, 0.15) is 0 Å². The monoisotopic (exact) mass is 645 g/mol. The van der Waals surface area contributed by atoms with Crippen molar-refractivity contribution in [3.05, 3.63) is 188 Å². The Morgan fingerprint density at radius 1 is 0.235 bits per heavy atom. The van der Waals surface area contributed by atoms with Crippen LogP contribution in [0.15, 0.2) is 188 Å².